The van der Waals surface area contributed by atoms with Crippen molar-refractivity contribution in [3.8, 4) is 5.75 Å². The fraction of sp³-hybridized carbons (Fsp3) is 0.500. The molecule has 0 aliphatic rings. The Balaban J connectivity index is 2.63. The Bertz CT molecular complexity index is 742. The molecule has 6 nitrogen and oxygen atoms in total. The van der Waals surface area contributed by atoms with E-state index in [0.717, 1.165) is 10.9 Å². The number of fused-ring (bicyclic) bond motifs is 1. The zero-order valence-electron chi connectivity index (χ0n) is 15.0. The summed E-state index contributed by atoms with van der Waals surface area (Å²) in [5, 5.41) is 11.2. The van der Waals surface area contributed by atoms with Gasteiger partial charge in [-0.2, -0.15) is 0 Å². The predicted molar refractivity (Wildman–Crippen MR) is 91.7 cm³/mol. The first-order valence-electron chi connectivity index (χ1n) is 7.78. The maximum absolute atomic E-state index is 12.5. The van der Waals surface area contributed by atoms with Gasteiger partial charge in [-0.15, -0.1) is 0 Å². The summed E-state index contributed by atoms with van der Waals surface area (Å²) in [7, 11) is 3.07. The first-order valence-corrected chi connectivity index (χ1v) is 7.78. The minimum atomic E-state index is -0.859. The number of carbonyl (C=O) groups excluding carboxylic acids is 1. The van der Waals surface area contributed by atoms with Gasteiger partial charge < -0.3 is 19.3 Å². The number of aromatic nitrogens is 1. The van der Waals surface area contributed by atoms with Gasteiger partial charge in [0.1, 0.15) is 17.5 Å². The Morgan fingerprint density at radius 3 is 2.54 bits per heavy atom. The van der Waals surface area contributed by atoms with Gasteiger partial charge in [-0.25, -0.2) is 4.79 Å². The van der Waals surface area contributed by atoms with E-state index in [9.17, 15) is 9.90 Å². The van der Waals surface area contributed by atoms with Crippen LogP contribution in [0.2, 0.25) is 0 Å². The molecule has 0 radical (unpaired) electrons. The lowest BCUT2D eigenvalue weighted by Crippen LogP contribution is -2.26. The van der Waals surface area contributed by atoms with Gasteiger partial charge in [-0.3, -0.25) is 4.57 Å². The van der Waals surface area contributed by atoms with E-state index in [0.29, 0.717) is 16.8 Å². The maximum Gasteiger partial charge on any atom is 0.419 e. The standard InChI is InChI=1S/C18H25NO5/c1-11-9-14(23-6)15(13(20)10-22-5)12-7-8-19(16(11)12)17(21)24-18(2,3)4/h7-9,13,20H,10H2,1-6H3. The van der Waals surface area contributed by atoms with Crippen molar-refractivity contribution in [3.63, 3.8) is 0 Å². The molecule has 24 heavy (non-hydrogen) atoms. The van der Waals surface area contributed by atoms with Gasteiger partial charge >= 0.3 is 6.09 Å². The quantitative estimate of drug-likeness (QED) is 0.927. The van der Waals surface area contributed by atoms with Crippen LogP contribution >= 0.6 is 0 Å². The molecule has 0 bridgehead atoms. The summed E-state index contributed by atoms with van der Waals surface area (Å²) < 4.78 is 17.4. The van der Waals surface area contributed by atoms with Crippen molar-refractivity contribution in [1.82, 2.24) is 4.57 Å². The number of methoxy groups -OCH3 is 2. The molecule has 6 heteroatoms. The third-order valence-electron chi connectivity index (χ3n) is 3.63. The van der Waals surface area contributed by atoms with E-state index < -0.39 is 17.8 Å². The molecule has 0 saturated carbocycles. The molecule has 1 unspecified atom stereocenters. The molecule has 132 valence electrons. The van der Waals surface area contributed by atoms with Crippen LogP contribution in [-0.4, -0.2) is 42.2 Å². The molecule has 0 aliphatic heterocycles. The topological polar surface area (TPSA) is 69.9 Å². The lowest BCUT2D eigenvalue weighted by Gasteiger charge is -2.21. The first kappa shape index (κ1) is 18.3. The fourth-order valence-electron chi connectivity index (χ4n) is 2.74. The van der Waals surface area contributed by atoms with Gasteiger partial charge in [0.15, 0.2) is 0 Å². The van der Waals surface area contributed by atoms with Crippen LogP contribution in [0.1, 0.15) is 38.0 Å². The summed E-state index contributed by atoms with van der Waals surface area (Å²) in [5.41, 5.74) is 1.55. The zero-order chi connectivity index (χ0) is 18.1. The molecule has 0 amide bonds. The highest BCUT2D eigenvalue weighted by Crippen LogP contribution is 2.36. The zero-order valence-corrected chi connectivity index (χ0v) is 15.0. The second kappa shape index (κ2) is 6.83. The molecule has 1 N–H and O–H groups in total. The highest BCUT2D eigenvalue weighted by molar-refractivity contribution is 5.95. The van der Waals surface area contributed by atoms with E-state index in [1.807, 2.05) is 27.7 Å². The molecule has 0 fully saturated rings. The van der Waals surface area contributed by atoms with Gasteiger partial charge in [0.25, 0.3) is 0 Å². The number of aryl methyl sites for hydroxylation is 1. The number of aliphatic hydroxyl groups is 1. The Kier molecular flexibility index (Phi) is 5.20. The minimum absolute atomic E-state index is 0.131. The molecule has 1 heterocycles. The van der Waals surface area contributed by atoms with Crippen molar-refractivity contribution < 1.29 is 24.1 Å². The summed E-state index contributed by atoms with van der Waals surface area (Å²) >= 11 is 0. The van der Waals surface area contributed by atoms with E-state index in [1.54, 1.807) is 25.4 Å². The molecule has 1 aromatic carbocycles. The summed E-state index contributed by atoms with van der Waals surface area (Å²) in [6, 6.07) is 3.58. The minimum Gasteiger partial charge on any atom is -0.496 e. The van der Waals surface area contributed by atoms with Crippen LogP contribution in [-0.2, 0) is 9.47 Å². The molecule has 0 saturated heterocycles. The van der Waals surface area contributed by atoms with Gasteiger partial charge in [0, 0.05) is 24.3 Å². The average molecular weight is 335 g/mol. The smallest absolute Gasteiger partial charge is 0.419 e. The molecular weight excluding hydrogens is 310 g/mol. The van der Waals surface area contributed by atoms with Crippen molar-refractivity contribution in [2.75, 3.05) is 20.8 Å². The van der Waals surface area contributed by atoms with Gasteiger partial charge in [0.2, 0.25) is 0 Å². The summed E-state index contributed by atoms with van der Waals surface area (Å²) in [4.78, 5) is 12.5. The predicted octanol–water partition coefficient (Wildman–Crippen LogP) is 3.42. The molecular formula is C18H25NO5. The summed E-state index contributed by atoms with van der Waals surface area (Å²) in [6.45, 7) is 7.48. The Morgan fingerprint density at radius 2 is 2.00 bits per heavy atom. The third kappa shape index (κ3) is 3.55. The lowest BCUT2D eigenvalue weighted by molar-refractivity contribution is 0.0543. The van der Waals surface area contributed by atoms with Crippen LogP contribution in [0, 0.1) is 6.92 Å². The van der Waals surface area contributed by atoms with Crippen molar-refractivity contribution in [2.45, 2.75) is 39.4 Å². The number of hydrogen-bond acceptors (Lipinski definition) is 5. The molecule has 0 spiro atoms. The highest BCUT2D eigenvalue weighted by atomic mass is 16.6. The van der Waals surface area contributed by atoms with Gasteiger partial charge in [-0.1, -0.05) is 0 Å². The largest absolute Gasteiger partial charge is 0.496 e. The van der Waals surface area contributed by atoms with Gasteiger partial charge in [-0.05, 0) is 45.4 Å². The van der Waals surface area contributed by atoms with Crippen molar-refractivity contribution in [2.24, 2.45) is 0 Å². The molecule has 0 aliphatic carbocycles. The number of benzene rings is 1. The summed E-state index contributed by atoms with van der Waals surface area (Å²) in [6.07, 6.45) is 0.328. The Labute approximate surface area is 141 Å². The van der Waals surface area contributed by atoms with E-state index >= 15 is 0 Å². The van der Waals surface area contributed by atoms with Crippen molar-refractivity contribution >= 4 is 17.0 Å². The number of aliphatic hydroxyl groups excluding tert-OH is 1. The van der Waals surface area contributed by atoms with Crippen LogP contribution in [0.3, 0.4) is 0 Å². The molecule has 2 aromatic rings. The third-order valence-corrected chi connectivity index (χ3v) is 3.63. The van der Waals surface area contributed by atoms with Crippen LogP contribution in [0.15, 0.2) is 18.3 Å². The average Bonchev–Trinajstić information content (AvgIpc) is 2.90. The van der Waals surface area contributed by atoms with Crippen LogP contribution in [0.4, 0.5) is 4.79 Å². The van der Waals surface area contributed by atoms with Crippen LogP contribution in [0.25, 0.3) is 10.9 Å². The van der Waals surface area contributed by atoms with E-state index in [2.05, 4.69) is 0 Å². The number of carbonyl (C=O) groups is 1. The lowest BCUT2D eigenvalue weighted by atomic mass is 10.0. The second-order valence-electron chi connectivity index (χ2n) is 6.71. The second-order valence-corrected chi connectivity index (χ2v) is 6.71. The molecule has 2 rings (SSSR count). The Morgan fingerprint density at radius 1 is 1.33 bits per heavy atom. The first-order chi connectivity index (χ1) is 11.2. The van der Waals surface area contributed by atoms with Crippen LogP contribution < -0.4 is 4.74 Å². The SMILES string of the molecule is COCC(O)c1c(OC)cc(C)c2c1ccn2C(=O)OC(C)(C)C. The van der Waals surface area contributed by atoms with Crippen LogP contribution in [0.5, 0.6) is 5.75 Å². The van der Waals surface area contributed by atoms with E-state index in [-0.39, 0.29) is 6.61 Å². The maximum atomic E-state index is 12.5. The summed E-state index contributed by atoms with van der Waals surface area (Å²) in [5.74, 6) is 0.562. The van der Waals surface area contributed by atoms with E-state index in [1.165, 1.54) is 11.7 Å². The van der Waals surface area contributed by atoms with Crippen molar-refractivity contribution in [1.29, 1.82) is 0 Å². The fourth-order valence-corrected chi connectivity index (χ4v) is 2.74. The number of nitrogens with zero attached hydrogens (tertiary/aromatic N) is 1. The number of ether oxygens (including phenoxy) is 3. The highest BCUT2D eigenvalue weighted by Gasteiger charge is 2.24. The van der Waals surface area contributed by atoms with E-state index in [4.69, 9.17) is 14.2 Å². The Hall–Kier alpha value is -2.05. The monoisotopic (exact) mass is 335 g/mol. The van der Waals surface area contributed by atoms with Crippen molar-refractivity contribution in [3.05, 3.63) is 29.5 Å². The van der Waals surface area contributed by atoms with Gasteiger partial charge in [0.05, 0.1) is 19.2 Å². The molecule has 1 atom stereocenters. The molecule has 1 aromatic heterocycles. The normalized spacial score (nSPS) is 13.1. The number of rotatable bonds is 4. The number of hydrogen-bond donors (Lipinski definition) is 1.